The van der Waals surface area contributed by atoms with Crippen molar-refractivity contribution in [2.75, 3.05) is 20.1 Å². The Morgan fingerprint density at radius 3 is 2.26 bits per heavy atom. The molecule has 0 amide bonds. The van der Waals surface area contributed by atoms with Crippen LogP contribution in [0.3, 0.4) is 0 Å². The maximum Gasteiger partial charge on any atom is 0.490 e. The summed E-state index contributed by atoms with van der Waals surface area (Å²) in [5, 5.41) is 13.7. The standard InChI is InChI=1S/C24H26N4.C2HF3O2/c1-17-5-3-8-22-23(17)28-24(27-22)20-11-9-19(10-12-20)21-7-4-6-18(15-21)16-26-14-13-25-2;3-2(4,5)1(6)7/h3-12,15,25-26H,13-14,16H2,1-2H3,(H,27,28);(H,6,7). The molecule has 6 nitrogen and oxygen atoms in total. The molecule has 0 saturated carbocycles. The number of aromatic amines is 1. The Kier molecular flexibility index (Phi) is 8.62. The van der Waals surface area contributed by atoms with Crippen LogP contribution in [0.25, 0.3) is 33.5 Å². The fraction of sp³-hybridized carbons (Fsp3) is 0.231. The molecule has 1 aromatic heterocycles. The summed E-state index contributed by atoms with van der Waals surface area (Å²) >= 11 is 0. The molecule has 35 heavy (non-hydrogen) atoms. The summed E-state index contributed by atoms with van der Waals surface area (Å²) < 4.78 is 31.7. The molecule has 0 aliphatic heterocycles. The predicted molar refractivity (Wildman–Crippen MR) is 131 cm³/mol. The van der Waals surface area contributed by atoms with Gasteiger partial charge < -0.3 is 20.7 Å². The molecule has 0 bridgehead atoms. The minimum absolute atomic E-state index is 0.881. The van der Waals surface area contributed by atoms with Crippen LogP contribution in [0.1, 0.15) is 11.1 Å². The van der Waals surface area contributed by atoms with Crippen molar-refractivity contribution in [3.05, 3.63) is 77.9 Å². The van der Waals surface area contributed by atoms with E-state index in [1.54, 1.807) is 0 Å². The zero-order valence-electron chi connectivity index (χ0n) is 19.4. The van der Waals surface area contributed by atoms with Crippen molar-refractivity contribution >= 4 is 17.0 Å². The summed E-state index contributed by atoms with van der Waals surface area (Å²) in [7, 11) is 1.97. The molecule has 0 fully saturated rings. The number of benzene rings is 3. The fourth-order valence-electron chi connectivity index (χ4n) is 3.44. The molecule has 4 N–H and O–H groups in total. The van der Waals surface area contributed by atoms with E-state index in [9.17, 15) is 13.2 Å². The van der Waals surface area contributed by atoms with Crippen LogP contribution >= 0.6 is 0 Å². The number of aryl methyl sites for hydroxylation is 1. The molecular weight excluding hydrogens is 457 g/mol. The highest BCUT2D eigenvalue weighted by Crippen LogP contribution is 2.26. The largest absolute Gasteiger partial charge is 0.490 e. The van der Waals surface area contributed by atoms with Crippen LogP contribution in [0, 0.1) is 6.92 Å². The smallest absolute Gasteiger partial charge is 0.475 e. The Morgan fingerprint density at radius 2 is 1.63 bits per heavy atom. The predicted octanol–water partition coefficient (Wildman–Crippen LogP) is 5.15. The summed E-state index contributed by atoms with van der Waals surface area (Å²) in [6.07, 6.45) is -5.08. The Hall–Kier alpha value is -3.69. The number of carbonyl (C=O) groups is 1. The monoisotopic (exact) mass is 484 g/mol. The van der Waals surface area contributed by atoms with Gasteiger partial charge in [0.05, 0.1) is 11.0 Å². The molecule has 184 valence electrons. The van der Waals surface area contributed by atoms with Crippen molar-refractivity contribution in [2.24, 2.45) is 0 Å². The summed E-state index contributed by atoms with van der Waals surface area (Å²) in [6, 6.07) is 23.6. The number of nitrogens with one attached hydrogen (secondary N) is 3. The molecule has 4 aromatic rings. The van der Waals surface area contributed by atoms with Crippen molar-refractivity contribution in [1.29, 1.82) is 0 Å². The molecular formula is C26H27F3N4O2. The average molecular weight is 485 g/mol. The van der Waals surface area contributed by atoms with E-state index in [1.807, 2.05) is 7.05 Å². The second-order valence-corrected chi connectivity index (χ2v) is 7.92. The van der Waals surface area contributed by atoms with E-state index in [-0.39, 0.29) is 0 Å². The lowest BCUT2D eigenvalue weighted by Crippen LogP contribution is -2.24. The van der Waals surface area contributed by atoms with Crippen LogP contribution < -0.4 is 10.6 Å². The second-order valence-electron chi connectivity index (χ2n) is 7.92. The van der Waals surface area contributed by atoms with Crippen LogP contribution in [-0.4, -0.2) is 47.4 Å². The molecule has 0 aliphatic carbocycles. The lowest BCUT2D eigenvalue weighted by atomic mass is 10.0. The van der Waals surface area contributed by atoms with Gasteiger partial charge in [-0.25, -0.2) is 9.78 Å². The van der Waals surface area contributed by atoms with Crippen LogP contribution in [0.4, 0.5) is 13.2 Å². The molecule has 0 radical (unpaired) electrons. The number of aromatic nitrogens is 2. The van der Waals surface area contributed by atoms with Gasteiger partial charge in [-0.05, 0) is 48.4 Å². The van der Waals surface area contributed by atoms with Crippen molar-refractivity contribution in [2.45, 2.75) is 19.6 Å². The first-order valence-electron chi connectivity index (χ1n) is 11.0. The number of hydrogen-bond donors (Lipinski definition) is 4. The van der Waals surface area contributed by atoms with Crippen LogP contribution in [0.15, 0.2) is 66.7 Å². The molecule has 1 heterocycles. The number of nitrogens with zero attached hydrogens (tertiary/aromatic N) is 1. The van der Waals surface area contributed by atoms with E-state index in [2.05, 4.69) is 89.3 Å². The molecule has 9 heteroatoms. The van der Waals surface area contributed by atoms with Crippen LogP contribution in [0.5, 0.6) is 0 Å². The Labute approximate surface area is 201 Å². The first-order valence-corrected chi connectivity index (χ1v) is 11.0. The van der Waals surface area contributed by atoms with E-state index in [0.717, 1.165) is 42.1 Å². The number of halogens is 3. The number of aliphatic carboxylic acids is 1. The van der Waals surface area contributed by atoms with Gasteiger partial charge in [0.2, 0.25) is 0 Å². The summed E-state index contributed by atoms with van der Waals surface area (Å²) in [4.78, 5) is 17.1. The summed E-state index contributed by atoms with van der Waals surface area (Å²) in [5.41, 5.74) is 8.16. The number of likely N-dealkylation sites (N-methyl/N-ethyl adjacent to an activating group) is 1. The van der Waals surface area contributed by atoms with Crippen LogP contribution in [0.2, 0.25) is 0 Å². The first-order chi connectivity index (χ1) is 16.7. The SMILES string of the molecule is CNCCNCc1cccc(-c2ccc(-c3nc4c(C)cccc4[nH]3)cc2)c1.O=C(O)C(F)(F)F. The molecule has 3 aromatic carbocycles. The molecule has 0 atom stereocenters. The van der Waals surface area contributed by atoms with Gasteiger partial charge in [-0.1, -0.05) is 54.6 Å². The summed E-state index contributed by atoms with van der Waals surface area (Å²) in [6.45, 7) is 4.91. The Bertz CT molecular complexity index is 1270. The van der Waals surface area contributed by atoms with Gasteiger partial charge in [0.15, 0.2) is 0 Å². The third kappa shape index (κ3) is 7.14. The minimum Gasteiger partial charge on any atom is -0.475 e. The number of H-pyrrole nitrogens is 1. The minimum atomic E-state index is -5.08. The Morgan fingerprint density at radius 1 is 0.971 bits per heavy atom. The number of imidazole rings is 1. The number of fused-ring (bicyclic) bond motifs is 1. The second kappa shape index (κ2) is 11.6. The van der Waals surface area contributed by atoms with E-state index >= 15 is 0 Å². The zero-order chi connectivity index (χ0) is 25.4. The number of rotatable bonds is 7. The zero-order valence-corrected chi connectivity index (χ0v) is 19.4. The highest BCUT2D eigenvalue weighted by molar-refractivity contribution is 5.82. The third-order valence-electron chi connectivity index (χ3n) is 5.26. The van der Waals surface area contributed by atoms with Crippen molar-refractivity contribution in [3.8, 4) is 22.5 Å². The van der Waals surface area contributed by atoms with Gasteiger partial charge in [-0.3, -0.25) is 0 Å². The van der Waals surface area contributed by atoms with Gasteiger partial charge in [-0.2, -0.15) is 13.2 Å². The number of hydrogen-bond acceptors (Lipinski definition) is 4. The third-order valence-corrected chi connectivity index (χ3v) is 5.26. The molecule has 0 aliphatic rings. The van der Waals surface area contributed by atoms with Crippen LogP contribution in [-0.2, 0) is 11.3 Å². The number of para-hydroxylation sites is 1. The van der Waals surface area contributed by atoms with E-state index in [1.165, 1.54) is 22.3 Å². The van der Waals surface area contributed by atoms with Gasteiger partial charge >= 0.3 is 12.1 Å². The van der Waals surface area contributed by atoms with Gasteiger partial charge in [0, 0.05) is 25.2 Å². The van der Waals surface area contributed by atoms with Gasteiger partial charge in [0.25, 0.3) is 0 Å². The quantitative estimate of drug-likeness (QED) is 0.273. The highest BCUT2D eigenvalue weighted by Gasteiger charge is 2.38. The Balaban J connectivity index is 0.000000429. The number of alkyl halides is 3. The molecule has 0 spiro atoms. The number of carboxylic acids is 1. The van der Waals surface area contributed by atoms with Crippen molar-refractivity contribution in [1.82, 2.24) is 20.6 Å². The fourth-order valence-corrected chi connectivity index (χ4v) is 3.44. The maximum atomic E-state index is 10.6. The topological polar surface area (TPSA) is 90.0 Å². The van der Waals surface area contributed by atoms with E-state index < -0.39 is 12.1 Å². The van der Waals surface area contributed by atoms with Crippen molar-refractivity contribution < 1.29 is 23.1 Å². The highest BCUT2D eigenvalue weighted by atomic mass is 19.4. The molecule has 4 rings (SSSR count). The number of carboxylic acid groups (broad SMARTS) is 1. The maximum absolute atomic E-state index is 10.6. The average Bonchev–Trinajstić information content (AvgIpc) is 3.28. The molecule has 0 saturated heterocycles. The van der Waals surface area contributed by atoms with Gasteiger partial charge in [-0.15, -0.1) is 0 Å². The van der Waals surface area contributed by atoms with Crippen molar-refractivity contribution in [3.63, 3.8) is 0 Å². The lowest BCUT2D eigenvalue weighted by molar-refractivity contribution is -0.192. The summed E-state index contributed by atoms with van der Waals surface area (Å²) in [5.74, 6) is -1.84. The first kappa shape index (κ1) is 25.9. The van der Waals surface area contributed by atoms with E-state index in [0.29, 0.717) is 0 Å². The van der Waals surface area contributed by atoms with Gasteiger partial charge in [0.1, 0.15) is 5.82 Å². The normalized spacial score (nSPS) is 11.2. The van der Waals surface area contributed by atoms with E-state index in [4.69, 9.17) is 14.9 Å². The lowest BCUT2D eigenvalue weighted by Gasteiger charge is -2.08. The molecule has 0 unspecified atom stereocenters.